The highest BCUT2D eigenvalue weighted by molar-refractivity contribution is 6.13. The standard InChI is InChI=1S/C15H18N2O4/c1-2-15(16)9-8-12(18)17(13(15)19)14(20)21-10-11-6-4-3-5-7-11/h3-7H,2,8-10,16H2,1H3. The molecule has 0 aromatic heterocycles. The van der Waals surface area contributed by atoms with Crippen molar-refractivity contribution in [2.75, 3.05) is 0 Å². The second-order valence-electron chi connectivity index (χ2n) is 5.08. The minimum atomic E-state index is -1.17. The lowest BCUT2D eigenvalue weighted by Crippen LogP contribution is -2.62. The maximum absolute atomic E-state index is 12.2. The summed E-state index contributed by atoms with van der Waals surface area (Å²) in [5, 5.41) is 0. The summed E-state index contributed by atoms with van der Waals surface area (Å²) >= 11 is 0. The molecular weight excluding hydrogens is 272 g/mol. The van der Waals surface area contributed by atoms with Gasteiger partial charge in [-0.3, -0.25) is 9.59 Å². The average molecular weight is 290 g/mol. The Labute approximate surface area is 122 Å². The van der Waals surface area contributed by atoms with E-state index in [0.717, 1.165) is 5.56 Å². The SMILES string of the molecule is CCC1(N)CCC(=O)N(C(=O)OCc2ccccc2)C1=O. The van der Waals surface area contributed by atoms with Crippen LogP contribution in [0, 0.1) is 0 Å². The molecule has 3 amide bonds. The Morgan fingerprint density at radius 3 is 2.62 bits per heavy atom. The monoisotopic (exact) mass is 290 g/mol. The minimum absolute atomic E-state index is 0.000426. The largest absolute Gasteiger partial charge is 0.444 e. The smallest absolute Gasteiger partial charge is 0.423 e. The highest BCUT2D eigenvalue weighted by atomic mass is 16.6. The summed E-state index contributed by atoms with van der Waals surface area (Å²) in [6.07, 6.45) is -0.279. The van der Waals surface area contributed by atoms with E-state index >= 15 is 0 Å². The Hall–Kier alpha value is -2.21. The molecule has 2 rings (SSSR count). The van der Waals surface area contributed by atoms with Gasteiger partial charge in [0, 0.05) is 6.42 Å². The van der Waals surface area contributed by atoms with Crippen molar-refractivity contribution in [3.8, 4) is 0 Å². The number of hydrogen-bond acceptors (Lipinski definition) is 5. The molecule has 21 heavy (non-hydrogen) atoms. The average Bonchev–Trinajstić information content (AvgIpc) is 2.50. The molecule has 0 bridgehead atoms. The van der Waals surface area contributed by atoms with E-state index in [2.05, 4.69) is 0 Å². The van der Waals surface area contributed by atoms with Crippen molar-refractivity contribution in [1.29, 1.82) is 0 Å². The van der Waals surface area contributed by atoms with Gasteiger partial charge < -0.3 is 10.5 Å². The predicted molar refractivity (Wildman–Crippen MR) is 74.9 cm³/mol. The Bertz CT molecular complexity index is 558. The van der Waals surface area contributed by atoms with Crippen LogP contribution in [0.15, 0.2) is 30.3 Å². The molecule has 0 spiro atoms. The molecule has 0 radical (unpaired) electrons. The molecule has 112 valence electrons. The molecule has 1 unspecified atom stereocenters. The van der Waals surface area contributed by atoms with Gasteiger partial charge in [-0.15, -0.1) is 0 Å². The van der Waals surface area contributed by atoms with Crippen LogP contribution >= 0.6 is 0 Å². The molecule has 1 aromatic carbocycles. The number of likely N-dealkylation sites (tertiary alicyclic amines) is 1. The Balaban J connectivity index is 2.06. The minimum Gasteiger partial charge on any atom is -0.444 e. The van der Waals surface area contributed by atoms with Gasteiger partial charge in [0.1, 0.15) is 6.61 Å². The van der Waals surface area contributed by atoms with E-state index in [4.69, 9.17) is 10.5 Å². The molecule has 1 aromatic rings. The van der Waals surface area contributed by atoms with Crippen LogP contribution in [0.5, 0.6) is 0 Å². The van der Waals surface area contributed by atoms with Gasteiger partial charge in [0.05, 0.1) is 5.54 Å². The molecule has 1 heterocycles. The molecule has 1 saturated heterocycles. The van der Waals surface area contributed by atoms with Gasteiger partial charge >= 0.3 is 6.09 Å². The summed E-state index contributed by atoms with van der Waals surface area (Å²) < 4.78 is 5.04. The Morgan fingerprint density at radius 2 is 2.00 bits per heavy atom. The zero-order valence-electron chi connectivity index (χ0n) is 11.9. The number of piperidine rings is 1. The van der Waals surface area contributed by atoms with Gasteiger partial charge in [-0.1, -0.05) is 37.3 Å². The van der Waals surface area contributed by atoms with Crippen molar-refractivity contribution < 1.29 is 19.1 Å². The summed E-state index contributed by atoms with van der Waals surface area (Å²) in [5.74, 6) is -1.24. The summed E-state index contributed by atoms with van der Waals surface area (Å²) in [4.78, 5) is 36.6. The van der Waals surface area contributed by atoms with Crippen LogP contribution in [0.2, 0.25) is 0 Å². The first-order chi connectivity index (χ1) is 9.98. The van der Waals surface area contributed by atoms with Crippen molar-refractivity contribution in [1.82, 2.24) is 4.90 Å². The van der Waals surface area contributed by atoms with E-state index < -0.39 is 23.4 Å². The third-order valence-electron chi connectivity index (χ3n) is 3.68. The van der Waals surface area contributed by atoms with Crippen molar-refractivity contribution in [3.63, 3.8) is 0 Å². The van der Waals surface area contributed by atoms with Crippen LogP contribution in [0.1, 0.15) is 31.7 Å². The molecule has 1 atom stereocenters. The number of carbonyl (C=O) groups excluding carboxylic acids is 3. The summed E-state index contributed by atoms with van der Waals surface area (Å²) in [5.41, 5.74) is 5.56. The number of carbonyl (C=O) groups is 3. The number of benzene rings is 1. The van der Waals surface area contributed by atoms with Gasteiger partial charge in [-0.25, -0.2) is 4.79 Å². The predicted octanol–water partition coefficient (Wildman–Crippen LogP) is 1.58. The number of hydrogen-bond donors (Lipinski definition) is 1. The molecule has 0 saturated carbocycles. The van der Waals surface area contributed by atoms with Gasteiger partial charge in [-0.2, -0.15) is 4.90 Å². The molecule has 1 fully saturated rings. The number of nitrogens with two attached hydrogens (primary N) is 1. The molecule has 1 aliphatic rings. The Morgan fingerprint density at radius 1 is 1.33 bits per heavy atom. The second-order valence-corrected chi connectivity index (χ2v) is 5.08. The maximum atomic E-state index is 12.2. The van der Waals surface area contributed by atoms with E-state index in [0.29, 0.717) is 11.3 Å². The molecule has 1 aliphatic heterocycles. The maximum Gasteiger partial charge on any atom is 0.423 e. The number of imide groups is 3. The van der Waals surface area contributed by atoms with E-state index in [9.17, 15) is 14.4 Å². The van der Waals surface area contributed by atoms with Crippen molar-refractivity contribution in [3.05, 3.63) is 35.9 Å². The van der Waals surface area contributed by atoms with Crippen LogP contribution in [-0.4, -0.2) is 28.3 Å². The topological polar surface area (TPSA) is 89.7 Å². The first-order valence-corrected chi connectivity index (χ1v) is 6.85. The lowest BCUT2D eigenvalue weighted by Gasteiger charge is -2.35. The molecule has 6 nitrogen and oxygen atoms in total. The second kappa shape index (κ2) is 6.05. The third-order valence-corrected chi connectivity index (χ3v) is 3.68. The lowest BCUT2D eigenvalue weighted by molar-refractivity contribution is -0.150. The number of nitrogens with zero attached hydrogens (tertiary/aromatic N) is 1. The van der Waals surface area contributed by atoms with E-state index in [-0.39, 0.29) is 19.4 Å². The van der Waals surface area contributed by atoms with Crippen LogP contribution in [0.25, 0.3) is 0 Å². The number of rotatable bonds is 3. The van der Waals surface area contributed by atoms with Crippen molar-refractivity contribution >= 4 is 17.9 Å². The zero-order valence-corrected chi connectivity index (χ0v) is 11.9. The zero-order chi connectivity index (χ0) is 15.5. The fourth-order valence-corrected chi connectivity index (χ4v) is 2.18. The molecule has 0 aliphatic carbocycles. The lowest BCUT2D eigenvalue weighted by atomic mass is 9.86. The van der Waals surface area contributed by atoms with Gasteiger partial charge in [0.15, 0.2) is 0 Å². The van der Waals surface area contributed by atoms with Gasteiger partial charge in [0.2, 0.25) is 5.91 Å². The molecule has 2 N–H and O–H groups in total. The summed E-state index contributed by atoms with van der Waals surface area (Å²) in [6.45, 7) is 1.75. The first kappa shape index (κ1) is 15.2. The van der Waals surface area contributed by atoms with E-state index in [1.54, 1.807) is 19.1 Å². The van der Waals surface area contributed by atoms with Crippen LogP contribution in [-0.2, 0) is 20.9 Å². The highest BCUT2D eigenvalue weighted by Gasteiger charge is 2.46. The third kappa shape index (κ3) is 3.11. The van der Waals surface area contributed by atoms with E-state index in [1.165, 1.54) is 0 Å². The Kier molecular flexibility index (Phi) is 4.37. The van der Waals surface area contributed by atoms with Crippen molar-refractivity contribution in [2.24, 2.45) is 5.73 Å². The van der Waals surface area contributed by atoms with Gasteiger partial charge in [0.25, 0.3) is 5.91 Å². The summed E-state index contributed by atoms with van der Waals surface area (Å²) in [6, 6.07) is 9.02. The van der Waals surface area contributed by atoms with Crippen LogP contribution in [0.4, 0.5) is 4.79 Å². The fourth-order valence-electron chi connectivity index (χ4n) is 2.18. The fraction of sp³-hybridized carbons (Fsp3) is 0.400. The number of ether oxygens (including phenoxy) is 1. The highest BCUT2D eigenvalue weighted by Crippen LogP contribution is 2.25. The van der Waals surface area contributed by atoms with E-state index in [1.807, 2.05) is 18.2 Å². The van der Waals surface area contributed by atoms with Crippen LogP contribution < -0.4 is 5.73 Å². The van der Waals surface area contributed by atoms with Crippen molar-refractivity contribution in [2.45, 2.75) is 38.3 Å². The number of amides is 3. The quantitative estimate of drug-likeness (QED) is 0.854. The molecule has 6 heteroatoms. The normalized spacial score (nSPS) is 22.3. The first-order valence-electron chi connectivity index (χ1n) is 6.85. The van der Waals surface area contributed by atoms with Gasteiger partial charge in [-0.05, 0) is 18.4 Å². The summed E-state index contributed by atoms with van der Waals surface area (Å²) in [7, 11) is 0. The van der Waals surface area contributed by atoms with Crippen LogP contribution in [0.3, 0.4) is 0 Å². The molecular formula is C15H18N2O4.